The number of hydrogen-bond acceptors (Lipinski definition) is 3. The van der Waals surface area contributed by atoms with Gasteiger partial charge >= 0.3 is 0 Å². The molecule has 4 nitrogen and oxygen atoms in total. The van der Waals surface area contributed by atoms with Crippen LogP contribution < -0.4 is 5.73 Å². The lowest BCUT2D eigenvalue weighted by molar-refractivity contribution is 0.411. The molecule has 1 aromatic carbocycles. The van der Waals surface area contributed by atoms with E-state index in [1.54, 1.807) is 4.68 Å². The molecule has 2 N–H and O–H groups in total. The van der Waals surface area contributed by atoms with Gasteiger partial charge in [0.1, 0.15) is 5.69 Å². The van der Waals surface area contributed by atoms with E-state index in [0.717, 1.165) is 15.9 Å². The molecule has 1 aromatic heterocycles. The van der Waals surface area contributed by atoms with E-state index in [1.165, 1.54) is 19.3 Å². The SMILES string of the molecule is Nc1c(C2CCC2)nnn1-c1ccccc1Br. The summed E-state index contributed by atoms with van der Waals surface area (Å²) in [6.45, 7) is 0. The molecule has 2 aromatic rings. The highest BCUT2D eigenvalue weighted by molar-refractivity contribution is 9.10. The zero-order valence-electron chi connectivity index (χ0n) is 9.31. The van der Waals surface area contributed by atoms with Crippen molar-refractivity contribution in [1.82, 2.24) is 15.0 Å². The fraction of sp³-hybridized carbons (Fsp3) is 0.333. The van der Waals surface area contributed by atoms with Crippen molar-refractivity contribution in [1.29, 1.82) is 0 Å². The van der Waals surface area contributed by atoms with Crippen LogP contribution in [0.2, 0.25) is 0 Å². The Kier molecular flexibility index (Phi) is 2.63. The molecule has 0 atom stereocenters. The smallest absolute Gasteiger partial charge is 0.151 e. The van der Waals surface area contributed by atoms with Crippen LogP contribution in [0, 0.1) is 0 Å². The second-order valence-corrected chi connectivity index (χ2v) is 5.21. The summed E-state index contributed by atoms with van der Waals surface area (Å²) in [5.74, 6) is 1.17. The lowest BCUT2D eigenvalue weighted by Crippen LogP contribution is -2.12. The van der Waals surface area contributed by atoms with E-state index < -0.39 is 0 Å². The fourth-order valence-corrected chi connectivity index (χ4v) is 2.53. The maximum atomic E-state index is 6.13. The monoisotopic (exact) mass is 292 g/mol. The first-order chi connectivity index (χ1) is 8.27. The van der Waals surface area contributed by atoms with Gasteiger partial charge in [0.25, 0.3) is 0 Å². The summed E-state index contributed by atoms with van der Waals surface area (Å²) in [5, 5.41) is 8.38. The molecule has 1 aliphatic carbocycles. The average molecular weight is 293 g/mol. The van der Waals surface area contributed by atoms with Gasteiger partial charge in [0, 0.05) is 10.4 Å². The van der Waals surface area contributed by atoms with Gasteiger partial charge in [0.05, 0.1) is 5.69 Å². The predicted molar refractivity (Wildman–Crippen MR) is 70.1 cm³/mol. The minimum atomic E-state index is 0.506. The number of rotatable bonds is 2. The van der Waals surface area contributed by atoms with Crippen LogP contribution in [0.15, 0.2) is 28.7 Å². The van der Waals surface area contributed by atoms with Gasteiger partial charge in [-0.25, -0.2) is 0 Å². The highest BCUT2D eigenvalue weighted by Crippen LogP contribution is 2.38. The van der Waals surface area contributed by atoms with Gasteiger partial charge in [-0.05, 0) is 40.9 Å². The minimum absolute atomic E-state index is 0.506. The molecule has 1 heterocycles. The summed E-state index contributed by atoms with van der Waals surface area (Å²) in [5.41, 5.74) is 8.02. The predicted octanol–water partition coefficient (Wildman–Crippen LogP) is 2.88. The molecular weight excluding hydrogens is 280 g/mol. The molecule has 88 valence electrons. The first-order valence-electron chi connectivity index (χ1n) is 5.73. The fourth-order valence-electron chi connectivity index (χ4n) is 2.07. The molecule has 1 aliphatic rings. The van der Waals surface area contributed by atoms with Gasteiger partial charge < -0.3 is 5.73 Å². The maximum absolute atomic E-state index is 6.13. The van der Waals surface area contributed by atoms with Crippen LogP contribution in [0.1, 0.15) is 30.9 Å². The van der Waals surface area contributed by atoms with Crippen LogP contribution in [0.25, 0.3) is 5.69 Å². The lowest BCUT2D eigenvalue weighted by atomic mass is 9.83. The minimum Gasteiger partial charge on any atom is -0.382 e. The van der Waals surface area contributed by atoms with Crippen molar-refractivity contribution in [2.45, 2.75) is 25.2 Å². The molecule has 1 fully saturated rings. The maximum Gasteiger partial charge on any atom is 0.151 e. The number of halogens is 1. The van der Waals surface area contributed by atoms with E-state index >= 15 is 0 Å². The van der Waals surface area contributed by atoms with E-state index in [1.807, 2.05) is 24.3 Å². The quantitative estimate of drug-likeness (QED) is 0.926. The zero-order valence-corrected chi connectivity index (χ0v) is 10.9. The third kappa shape index (κ3) is 1.74. The van der Waals surface area contributed by atoms with Gasteiger partial charge in [-0.3, -0.25) is 0 Å². The molecule has 17 heavy (non-hydrogen) atoms. The summed E-state index contributed by atoms with van der Waals surface area (Å²) < 4.78 is 2.68. The van der Waals surface area contributed by atoms with Crippen LogP contribution >= 0.6 is 15.9 Å². The number of nitrogen functional groups attached to an aromatic ring is 1. The van der Waals surface area contributed by atoms with Gasteiger partial charge in [0.15, 0.2) is 5.82 Å². The Morgan fingerprint density at radius 2 is 2.06 bits per heavy atom. The number of para-hydroxylation sites is 1. The largest absolute Gasteiger partial charge is 0.382 e. The second-order valence-electron chi connectivity index (χ2n) is 4.35. The molecule has 0 aliphatic heterocycles. The number of nitrogens with two attached hydrogens (primary N) is 1. The molecule has 0 bridgehead atoms. The molecule has 0 unspecified atom stereocenters. The molecular formula is C12H13BrN4. The summed E-state index contributed by atoms with van der Waals surface area (Å²) in [7, 11) is 0. The van der Waals surface area contributed by atoms with Gasteiger partial charge in [-0.1, -0.05) is 23.8 Å². The summed E-state index contributed by atoms with van der Waals surface area (Å²) in [6, 6.07) is 7.87. The Bertz CT molecular complexity index is 545. The topological polar surface area (TPSA) is 56.7 Å². The third-order valence-electron chi connectivity index (χ3n) is 3.31. The first kappa shape index (κ1) is 10.8. The van der Waals surface area contributed by atoms with Crippen LogP contribution in [-0.4, -0.2) is 15.0 Å². The van der Waals surface area contributed by atoms with Crippen molar-refractivity contribution in [3.63, 3.8) is 0 Å². The van der Waals surface area contributed by atoms with Crippen LogP contribution in [-0.2, 0) is 0 Å². The van der Waals surface area contributed by atoms with Crippen LogP contribution in [0.4, 0.5) is 5.82 Å². The Hall–Kier alpha value is -1.36. The number of anilines is 1. The van der Waals surface area contributed by atoms with Crippen molar-refractivity contribution >= 4 is 21.7 Å². The Balaban J connectivity index is 2.04. The van der Waals surface area contributed by atoms with Crippen molar-refractivity contribution in [2.75, 3.05) is 5.73 Å². The van der Waals surface area contributed by atoms with Crippen molar-refractivity contribution in [3.05, 3.63) is 34.4 Å². The lowest BCUT2D eigenvalue weighted by Gasteiger charge is -2.23. The molecule has 0 spiro atoms. The molecule has 3 rings (SSSR count). The van der Waals surface area contributed by atoms with Crippen LogP contribution in [0.5, 0.6) is 0 Å². The molecule has 5 heteroatoms. The number of hydrogen-bond donors (Lipinski definition) is 1. The number of nitrogens with zero attached hydrogens (tertiary/aromatic N) is 3. The summed E-state index contributed by atoms with van der Waals surface area (Å²) >= 11 is 3.50. The van der Waals surface area contributed by atoms with E-state index in [0.29, 0.717) is 11.7 Å². The summed E-state index contributed by atoms with van der Waals surface area (Å²) in [6.07, 6.45) is 3.63. The van der Waals surface area contributed by atoms with Crippen molar-refractivity contribution < 1.29 is 0 Å². The van der Waals surface area contributed by atoms with Crippen molar-refractivity contribution in [3.8, 4) is 5.69 Å². The van der Waals surface area contributed by atoms with Crippen molar-refractivity contribution in [2.24, 2.45) is 0 Å². The third-order valence-corrected chi connectivity index (χ3v) is 3.98. The normalized spacial score (nSPS) is 15.8. The Morgan fingerprint density at radius 3 is 2.71 bits per heavy atom. The number of benzene rings is 1. The molecule has 0 amide bonds. The van der Waals surface area contributed by atoms with E-state index in [2.05, 4.69) is 26.2 Å². The van der Waals surface area contributed by atoms with E-state index in [-0.39, 0.29) is 0 Å². The van der Waals surface area contributed by atoms with Gasteiger partial charge in [-0.15, -0.1) is 5.10 Å². The zero-order chi connectivity index (χ0) is 11.8. The van der Waals surface area contributed by atoms with Crippen LogP contribution in [0.3, 0.4) is 0 Å². The second kappa shape index (κ2) is 4.14. The highest BCUT2D eigenvalue weighted by atomic mass is 79.9. The standard InChI is InChI=1S/C12H13BrN4/c13-9-6-1-2-7-10(9)17-12(14)11(15-16-17)8-4-3-5-8/h1-2,6-8H,3-5,14H2. The highest BCUT2D eigenvalue weighted by Gasteiger charge is 2.26. The number of aromatic nitrogens is 3. The summed E-state index contributed by atoms with van der Waals surface area (Å²) in [4.78, 5) is 0. The van der Waals surface area contributed by atoms with Gasteiger partial charge in [0.2, 0.25) is 0 Å². The molecule has 0 radical (unpaired) electrons. The molecule has 1 saturated carbocycles. The van der Waals surface area contributed by atoms with Gasteiger partial charge in [-0.2, -0.15) is 4.68 Å². The average Bonchev–Trinajstić information content (AvgIpc) is 2.60. The Labute approximate surface area is 108 Å². The first-order valence-corrected chi connectivity index (χ1v) is 6.52. The van der Waals surface area contributed by atoms with E-state index in [9.17, 15) is 0 Å². The molecule has 0 saturated heterocycles. The van der Waals surface area contributed by atoms with E-state index in [4.69, 9.17) is 5.73 Å². The Morgan fingerprint density at radius 1 is 1.29 bits per heavy atom.